The quantitative estimate of drug-likeness (QED) is 0.145. The van der Waals surface area contributed by atoms with E-state index in [1.807, 2.05) is 36.1 Å². The van der Waals surface area contributed by atoms with Gasteiger partial charge < -0.3 is 19.1 Å². The van der Waals surface area contributed by atoms with E-state index in [1.165, 1.54) is 4.90 Å². The summed E-state index contributed by atoms with van der Waals surface area (Å²) in [6, 6.07) is 9.48. The molecule has 3 aromatic rings. The first kappa shape index (κ1) is 35.7. The zero-order valence-corrected chi connectivity index (χ0v) is 26.0. The normalized spacial score (nSPS) is 15.7. The number of aromatic nitrogens is 1. The van der Waals surface area contributed by atoms with Gasteiger partial charge in [-0.15, -0.1) is 0 Å². The number of amides is 1. The summed E-state index contributed by atoms with van der Waals surface area (Å²) in [5.41, 5.74) is -1.40. The van der Waals surface area contributed by atoms with Gasteiger partial charge in [-0.3, -0.25) is 14.7 Å². The summed E-state index contributed by atoms with van der Waals surface area (Å²) in [5.74, 6) is 5.79. The third-order valence-corrected chi connectivity index (χ3v) is 7.50. The Kier molecular flexibility index (Phi) is 12.3. The van der Waals surface area contributed by atoms with Crippen LogP contribution in [0.1, 0.15) is 38.2 Å². The maximum absolute atomic E-state index is 13.7. The minimum absolute atomic E-state index is 0.0174. The van der Waals surface area contributed by atoms with Gasteiger partial charge in [-0.1, -0.05) is 24.0 Å². The molecule has 1 amide bonds. The third-order valence-electron chi connectivity index (χ3n) is 7.50. The summed E-state index contributed by atoms with van der Waals surface area (Å²) in [4.78, 5) is 21.1. The first-order valence-corrected chi connectivity index (χ1v) is 14.9. The lowest BCUT2D eigenvalue weighted by Gasteiger charge is -2.41. The molecule has 0 aliphatic carbocycles. The van der Waals surface area contributed by atoms with E-state index in [0.29, 0.717) is 50.8 Å². The first-order chi connectivity index (χ1) is 22.3. The molecule has 1 unspecified atom stereocenters. The van der Waals surface area contributed by atoms with Gasteiger partial charge in [0.05, 0.1) is 37.5 Å². The average Bonchev–Trinajstić information content (AvgIpc) is 3.03. The molecule has 1 saturated heterocycles. The van der Waals surface area contributed by atoms with E-state index in [1.54, 1.807) is 25.6 Å². The van der Waals surface area contributed by atoms with Crippen molar-refractivity contribution in [3.8, 4) is 17.6 Å². The molecule has 4 rings (SSSR count). The zero-order valence-electron chi connectivity index (χ0n) is 26.0. The highest BCUT2D eigenvalue weighted by Crippen LogP contribution is 2.37. The van der Waals surface area contributed by atoms with E-state index < -0.39 is 41.0 Å². The van der Waals surface area contributed by atoms with Gasteiger partial charge in [-0.2, -0.15) is 26.3 Å². The highest BCUT2D eigenvalue weighted by atomic mass is 19.4. The zero-order chi connectivity index (χ0) is 34.0. The number of hydrogen-bond donors (Lipinski definition) is 0. The minimum atomic E-state index is -5.07. The number of carbonyl (C=O) groups excluding carboxylic acids is 1. The number of halogens is 6. The van der Waals surface area contributed by atoms with E-state index in [4.69, 9.17) is 14.2 Å². The Bertz CT molecular complexity index is 1520. The van der Waals surface area contributed by atoms with Crippen LogP contribution < -0.4 is 4.74 Å². The third kappa shape index (κ3) is 10.4. The smallest absolute Gasteiger partial charge is 0.416 e. The van der Waals surface area contributed by atoms with Crippen LogP contribution in [0, 0.1) is 18.8 Å². The number of nitrogens with zero attached hydrogens (tertiary/aromatic N) is 3. The first-order valence-electron chi connectivity index (χ1n) is 14.9. The van der Waals surface area contributed by atoms with Gasteiger partial charge in [0.15, 0.2) is 0 Å². The average molecular weight is 664 g/mol. The number of carbonyl (C=O) groups is 1. The molecular weight excluding hydrogens is 628 g/mol. The SMILES string of the molecule is COCCOCCOc1cc(CC2CN(CC#Cc3cccnc3)CCN2C(=O)c2cc(C(F)(F)F)cc(C(F)(F)F)c2)ccc1C. The number of pyridine rings is 1. The van der Waals surface area contributed by atoms with Gasteiger partial charge in [0, 0.05) is 56.3 Å². The maximum atomic E-state index is 13.7. The fourth-order valence-corrected chi connectivity index (χ4v) is 5.09. The van der Waals surface area contributed by atoms with Crippen molar-refractivity contribution in [3.05, 3.63) is 94.3 Å². The van der Waals surface area contributed by atoms with Gasteiger partial charge >= 0.3 is 12.4 Å². The van der Waals surface area contributed by atoms with Crippen molar-refractivity contribution in [3.63, 3.8) is 0 Å². The van der Waals surface area contributed by atoms with Crippen LogP contribution in [0.25, 0.3) is 0 Å². The Morgan fingerprint density at radius 2 is 1.68 bits per heavy atom. The standard InChI is InChI=1S/C34H35F6N3O4/c1-24-7-8-26(18-31(24)47-16-15-46-14-13-45-2)17-30-23-42(10-4-6-25-5-3-9-41-22-25)11-12-43(30)32(44)27-19-28(33(35,36)37)21-29(20-27)34(38,39)40/h3,5,7-9,18-22,30H,10-17,23H2,1-2H3. The summed E-state index contributed by atoms with van der Waals surface area (Å²) in [6.45, 7) is 4.38. The summed E-state index contributed by atoms with van der Waals surface area (Å²) >= 11 is 0. The van der Waals surface area contributed by atoms with Crippen LogP contribution >= 0.6 is 0 Å². The molecule has 7 nitrogen and oxygen atoms in total. The van der Waals surface area contributed by atoms with Crippen molar-refractivity contribution in [1.29, 1.82) is 0 Å². The van der Waals surface area contributed by atoms with Crippen LogP contribution in [0.15, 0.2) is 60.9 Å². The largest absolute Gasteiger partial charge is 0.491 e. The Morgan fingerprint density at radius 1 is 0.957 bits per heavy atom. The molecule has 0 bridgehead atoms. The molecule has 47 heavy (non-hydrogen) atoms. The molecule has 0 N–H and O–H groups in total. The molecule has 0 saturated carbocycles. The number of benzene rings is 2. The maximum Gasteiger partial charge on any atom is 0.416 e. The Labute approximate surface area is 269 Å². The predicted octanol–water partition coefficient (Wildman–Crippen LogP) is 5.89. The molecular formula is C34H35F6N3O4. The van der Waals surface area contributed by atoms with E-state index in [0.717, 1.165) is 16.7 Å². The van der Waals surface area contributed by atoms with Crippen LogP contribution in [0.3, 0.4) is 0 Å². The number of ether oxygens (including phenoxy) is 3. The van der Waals surface area contributed by atoms with Crippen molar-refractivity contribution >= 4 is 5.91 Å². The second-order valence-corrected chi connectivity index (χ2v) is 11.0. The molecule has 252 valence electrons. The molecule has 1 aliphatic heterocycles. The van der Waals surface area contributed by atoms with Crippen LogP contribution in [0.2, 0.25) is 0 Å². The van der Waals surface area contributed by atoms with Crippen molar-refractivity contribution < 1.29 is 45.3 Å². The second kappa shape index (κ2) is 16.1. The fourth-order valence-electron chi connectivity index (χ4n) is 5.09. The molecule has 1 atom stereocenters. The lowest BCUT2D eigenvalue weighted by Crippen LogP contribution is -2.56. The molecule has 0 spiro atoms. The monoisotopic (exact) mass is 663 g/mol. The van der Waals surface area contributed by atoms with Gasteiger partial charge in [0.1, 0.15) is 12.4 Å². The van der Waals surface area contributed by atoms with Gasteiger partial charge in [0.25, 0.3) is 5.91 Å². The van der Waals surface area contributed by atoms with Crippen LogP contribution in [-0.4, -0.2) is 86.4 Å². The Balaban J connectivity index is 1.59. The number of aryl methyl sites for hydroxylation is 1. The summed E-state index contributed by atoms with van der Waals surface area (Å²) < 4.78 is 97.9. The summed E-state index contributed by atoms with van der Waals surface area (Å²) in [5, 5.41) is 0. The van der Waals surface area contributed by atoms with Crippen LogP contribution in [-0.2, 0) is 28.2 Å². The lowest BCUT2D eigenvalue weighted by atomic mass is 9.98. The van der Waals surface area contributed by atoms with Crippen molar-refractivity contribution in [2.24, 2.45) is 0 Å². The summed E-state index contributed by atoms with van der Waals surface area (Å²) in [7, 11) is 1.57. The van der Waals surface area contributed by atoms with E-state index in [2.05, 4.69) is 16.8 Å². The number of alkyl halides is 6. The predicted molar refractivity (Wildman–Crippen MR) is 162 cm³/mol. The number of piperazine rings is 1. The topological polar surface area (TPSA) is 64.1 Å². The van der Waals surface area contributed by atoms with E-state index in [-0.39, 0.29) is 32.2 Å². The highest BCUT2D eigenvalue weighted by molar-refractivity contribution is 5.95. The van der Waals surface area contributed by atoms with E-state index in [9.17, 15) is 31.1 Å². The van der Waals surface area contributed by atoms with Gasteiger partial charge in [0.2, 0.25) is 0 Å². The van der Waals surface area contributed by atoms with E-state index >= 15 is 0 Å². The molecule has 1 aromatic heterocycles. The minimum Gasteiger partial charge on any atom is -0.491 e. The van der Waals surface area contributed by atoms with Crippen LogP contribution in [0.5, 0.6) is 5.75 Å². The molecule has 2 heterocycles. The highest BCUT2D eigenvalue weighted by Gasteiger charge is 2.39. The van der Waals surface area contributed by atoms with Crippen molar-refractivity contribution in [1.82, 2.24) is 14.8 Å². The lowest BCUT2D eigenvalue weighted by molar-refractivity contribution is -0.143. The molecule has 1 aliphatic rings. The second-order valence-electron chi connectivity index (χ2n) is 11.0. The number of rotatable bonds is 11. The van der Waals surface area contributed by atoms with Crippen LogP contribution in [0.4, 0.5) is 26.3 Å². The van der Waals surface area contributed by atoms with Gasteiger partial charge in [-0.25, -0.2) is 0 Å². The molecule has 2 aromatic carbocycles. The Hall–Kier alpha value is -4.12. The Morgan fingerprint density at radius 3 is 2.34 bits per heavy atom. The molecule has 1 fully saturated rings. The van der Waals surface area contributed by atoms with Gasteiger partial charge in [-0.05, 0) is 60.9 Å². The fraction of sp³-hybridized carbons (Fsp3) is 0.412. The summed E-state index contributed by atoms with van der Waals surface area (Å²) in [6.07, 6.45) is -6.63. The van der Waals surface area contributed by atoms with Crippen molar-refractivity contribution in [2.45, 2.75) is 31.7 Å². The molecule has 13 heteroatoms. The number of methoxy groups -OCH3 is 1. The van der Waals surface area contributed by atoms with Crippen molar-refractivity contribution in [2.75, 3.05) is 59.7 Å². The molecule has 0 radical (unpaired) electrons. The number of hydrogen-bond acceptors (Lipinski definition) is 6.